The van der Waals surface area contributed by atoms with Gasteiger partial charge in [0.2, 0.25) is 0 Å². The molecule has 1 saturated carbocycles. The number of ether oxygens (including phenoxy) is 2. The van der Waals surface area contributed by atoms with E-state index < -0.39 is 11.4 Å². The maximum absolute atomic E-state index is 11.5. The number of carbonyl (C=O) groups is 1. The number of halogens is 1. The van der Waals surface area contributed by atoms with Crippen LogP contribution in [0.15, 0.2) is 12.1 Å². The molecule has 0 aliphatic heterocycles. The van der Waals surface area contributed by atoms with Crippen molar-refractivity contribution >= 4 is 17.6 Å². The molecule has 0 radical (unpaired) electrons. The number of hydrogen-bond donors (Lipinski definition) is 1. The predicted molar refractivity (Wildman–Crippen MR) is 72.3 cm³/mol. The van der Waals surface area contributed by atoms with Gasteiger partial charge >= 0.3 is 5.97 Å². The minimum Gasteiger partial charge on any atom is -0.493 e. The molecular formula is C14H17ClO4. The van der Waals surface area contributed by atoms with Gasteiger partial charge in [0.15, 0.2) is 11.5 Å². The molecule has 1 fully saturated rings. The summed E-state index contributed by atoms with van der Waals surface area (Å²) in [5.74, 6) is 0.121. The summed E-state index contributed by atoms with van der Waals surface area (Å²) in [5.41, 5.74) is -0.263. The van der Waals surface area contributed by atoms with Crippen LogP contribution in [0.1, 0.15) is 32.3 Å². The highest BCUT2D eigenvalue weighted by atomic mass is 35.5. The summed E-state index contributed by atoms with van der Waals surface area (Å²) in [4.78, 5) is 11.5. The maximum Gasteiger partial charge on any atom is 0.314 e. The van der Waals surface area contributed by atoms with E-state index in [-0.39, 0.29) is 6.10 Å². The van der Waals surface area contributed by atoms with Crippen LogP contribution in [-0.2, 0) is 10.2 Å². The molecule has 1 aromatic rings. The number of benzene rings is 1. The number of rotatable bonds is 5. The molecule has 1 aromatic carbocycles. The first-order valence-electron chi connectivity index (χ1n) is 6.19. The van der Waals surface area contributed by atoms with Crippen molar-refractivity contribution < 1.29 is 19.4 Å². The van der Waals surface area contributed by atoms with E-state index >= 15 is 0 Å². The smallest absolute Gasteiger partial charge is 0.314 e. The standard InChI is InChI=1S/C14H17ClO4/c1-8(2)19-12-10(14(4-5-14)13(16)17)6-9(15)7-11(12)18-3/h6-8H,4-5H2,1-3H3,(H,16,17). The Morgan fingerprint density at radius 2 is 2.05 bits per heavy atom. The van der Waals surface area contributed by atoms with Gasteiger partial charge in [-0.3, -0.25) is 4.79 Å². The molecule has 4 nitrogen and oxygen atoms in total. The molecule has 19 heavy (non-hydrogen) atoms. The van der Waals surface area contributed by atoms with Gasteiger partial charge < -0.3 is 14.6 Å². The first-order valence-corrected chi connectivity index (χ1v) is 6.56. The van der Waals surface area contributed by atoms with Gasteiger partial charge in [-0.1, -0.05) is 11.6 Å². The highest BCUT2D eigenvalue weighted by Crippen LogP contribution is 2.54. The van der Waals surface area contributed by atoms with Gasteiger partial charge in [0.05, 0.1) is 18.6 Å². The predicted octanol–water partition coefficient (Wildman–Crippen LogP) is 3.25. The molecule has 0 spiro atoms. The maximum atomic E-state index is 11.5. The largest absolute Gasteiger partial charge is 0.493 e. The van der Waals surface area contributed by atoms with E-state index in [4.69, 9.17) is 21.1 Å². The Kier molecular flexibility index (Phi) is 3.63. The topological polar surface area (TPSA) is 55.8 Å². The fourth-order valence-electron chi connectivity index (χ4n) is 2.16. The van der Waals surface area contributed by atoms with Crippen LogP contribution in [0, 0.1) is 0 Å². The van der Waals surface area contributed by atoms with Crippen molar-refractivity contribution in [1.29, 1.82) is 0 Å². The van der Waals surface area contributed by atoms with E-state index in [1.54, 1.807) is 12.1 Å². The molecule has 1 aliphatic carbocycles. The van der Waals surface area contributed by atoms with Crippen LogP contribution in [0.2, 0.25) is 5.02 Å². The van der Waals surface area contributed by atoms with Gasteiger partial charge in [-0.05, 0) is 32.8 Å². The normalized spacial score (nSPS) is 16.3. The summed E-state index contributed by atoms with van der Waals surface area (Å²) in [5, 5.41) is 9.88. The summed E-state index contributed by atoms with van der Waals surface area (Å²) in [6.07, 6.45) is 1.12. The lowest BCUT2D eigenvalue weighted by atomic mass is 9.94. The molecule has 0 aromatic heterocycles. The molecule has 0 bridgehead atoms. The van der Waals surface area contributed by atoms with Crippen molar-refractivity contribution in [3.05, 3.63) is 22.7 Å². The van der Waals surface area contributed by atoms with Crippen LogP contribution < -0.4 is 9.47 Å². The fraction of sp³-hybridized carbons (Fsp3) is 0.500. The van der Waals surface area contributed by atoms with Crippen LogP contribution >= 0.6 is 11.6 Å². The molecule has 0 saturated heterocycles. The third-order valence-corrected chi connectivity index (χ3v) is 3.49. The Morgan fingerprint density at radius 1 is 1.42 bits per heavy atom. The van der Waals surface area contributed by atoms with Crippen molar-refractivity contribution in [2.75, 3.05) is 7.11 Å². The summed E-state index contributed by atoms with van der Waals surface area (Å²) in [7, 11) is 1.52. The van der Waals surface area contributed by atoms with E-state index in [0.29, 0.717) is 34.9 Å². The second-order valence-electron chi connectivity index (χ2n) is 5.04. The molecule has 0 unspecified atom stereocenters. The van der Waals surface area contributed by atoms with Crippen molar-refractivity contribution in [3.63, 3.8) is 0 Å². The Bertz CT molecular complexity index is 506. The first kappa shape index (κ1) is 14.0. The highest BCUT2D eigenvalue weighted by Gasteiger charge is 2.54. The Morgan fingerprint density at radius 3 is 2.47 bits per heavy atom. The van der Waals surface area contributed by atoms with Gasteiger partial charge in [-0.15, -0.1) is 0 Å². The second kappa shape index (κ2) is 4.93. The molecule has 0 amide bonds. The molecule has 104 valence electrons. The van der Waals surface area contributed by atoms with E-state index in [1.165, 1.54) is 7.11 Å². The highest BCUT2D eigenvalue weighted by molar-refractivity contribution is 6.31. The van der Waals surface area contributed by atoms with E-state index in [2.05, 4.69) is 0 Å². The quantitative estimate of drug-likeness (QED) is 0.902. The number of methoxy groups -OCH3 is 1. The first-order chi connectivity index (χ1) is 8.90. The summed E-state index contributed by atoms with van der Waals surface area (Å²) >= 11 is 6.05. The van der Waals surface area contributed by atoms with Crippen LogP contribution in [-0.4, -0.2) is 24.3 Å². The van der Waals surface area contributed by atoms with Gasteiger partial charge in [-0.2, -0.15) is 0 Å². The molecular weight excluding hydrogens is 268 g/mol. The molecule has 0 heterocycles. The third-order valence-electron chi connectivity index (χ3n) is 3.27. The summed E-state index contributed by atoms with van der Waals surface area (Å²) < 4.78 is 11.0. The van der Waals surface area contributed by atoms with E-state index in [0.717, 1.165) is 0 Å². The summed E-state index contributed by atoms with van der Waals surface area (Å²) in [6.45, 7) is 3.77. The average molecular weight is 285 g/mol. The van der Waals surface area contributed by atoms with E-state index in [1.807, 2.05) is 13.8 Å². The van der Waals surface area contributed by atoms with Gasteiger partial charge in [0.1, 0.15) is 0 Å². The molecule has 1 N–H and O–H groups in total. The van der Waals surface area contributed by atoms with E-state index in [9.17, 15) is 9.90 Å². The van der Waals surface area contributed by atoms with Crippen LogP contribution in [0.4, 0.5) is 0 Å². The van der Waals surface area contributed by atoms with Crippen LogP contribution in [0.25, 0.3) is 0 Å². The van der Waals surface area contributed by atoms with Crippen LogP contribution in [0.5, 0.6) is 11.5 Å². The molecule has 1 aliphatic rings. The lowest BCUT2D eigenvalue weighted by Crippen LogP contribution is -2.22. The van der Waals surface area contributed by atoms with Crippen molar-refractivity contribution in [2.24, 2.45) is 0 Å². The zero-order valence-corrected chi connectivity index (χ0v) is 12.0. The third kappa shape index (κ3) is 2.50. The Balaban J connectivity index is 2.58. The summed E-state index contributed by atoms with van der Waals surface area (Å²) in [6, 6.07) is 3.31. The second-order valence-corrected chi connectivity index (χ2v) is 5.48. The number of carboxylic acid groups (broad SMARTS) is 1. The lowest BCUT2D eigenvalue weighted by Gasteiger charge is -2.21. The zero-order valence-electron chi connectivity index (χ0n) is 11.2. The number of hydrogen-bond acceptors (Lipinski definition) is 3. The van der Waals surface area contributed by atoms with Crippen LogP contribution in [0.3, 0.4) is 0 Å². The Hall–Kier alpha value is -1.42. The van der Waals surface area contributed by atoms with Gasteiger partial charge in [-0.25, -0.2) is 0 Å². The van der Waals surface area contributed by atoms with Crippen molar-refractivity contribution in [1.82, 2.24) is 0 Å². The van der Waals surface area contributed by atoms with Gasteiger partial charge in [0.25, 0.3) is 0 Å². The van der Waals surface area contributed by atoms with Crippen molar-refractivity contribution in [3.8, 4) is 11.5 Å². The zero-order chi connectivity index (χ0) is 14.2. The average Bonchev–Trinajstić information content (AvgIpc) is 3.11. The fourth-order valence-corrected chi connectivity index (χ4v) is 2.36. The minimum absolute atomic E-state index is 0.0709. The molecule has 0 atom stereocenters. The Labute approximate surface area is 117 Å². The molecule has 5 heteroatoms. The SMILES string of the molecule is COc1cc(Cl)cc(C2(C(=O)O)CC2)c1OC(C)C. The van der Waals surface area contributed by atoms with Gasteiger partial charge in [0, 0.05) is 16.7 Å². The monoisotopic (exact) mass is 284 g/mol. The number of aliphatic carboxylic acids is 1. The lowest BCUT2D eigenvalue weighted by molar-refractivity contribution is -0.140. The van der Waals surface area contributed by atoms with Crippen molar-refractivity contribution in [2.45, 2.75) is 38.2 Å². The number of carboxylic acids is 1. The molecule has 2 rings (SSSR count). The minimum atomic E-state index is -0.873.